The van der Waals surface area contributed by atoms with Crippen LogP contribution in [-0.4, -0.2) is 25.0 Å². The van der Waals surface area contributed by atoms with Crippen molar-refractivity contribution in [3.63, 3.8) is 0 Å². The molecule has 0 fully saturated rings. The first kappa shape index (κ1) is 20.4. The number of hydrogen-bond donors (Lipinski definition) is 2. The Morgan fingerprint density at radius 2 is 1.66 bits per heavy atom. The number of hydrogen-bond acceptors (Lipinski definition) is 5. The zero-order chi connectivity index (χ0) is 20.8. The smallest absolute Gasteiger partial charge is 0.256 e. The van der Waals surface area contributed by atoms with Crippen molar-refractivity contribution < 1.29 is 19.1 Å². The summed E-state index contributed by atoms with van der Waals surface area (Å²) < 4.78 is 11.1. The summed E-state index contributed by atoms with van der Waals surface area (Å²) in [7, 11) is 0. The Morgan fingerprint density at radius 1 is 0.966 bits per heavy atom. The van der Waals surface area contributed by atoms with Gasteiger partial charge in [0.1, 0.15) is 5.00 Å². The predicted octanol–water partition coefficient (Wildman–Crippen LogP) is 4.56. The summed E-state index contributed by atoms with van der Waals surface area (Å²) in [5, 5.41) is 3.21. The van der Waals surface area contributed by atoms with Gasteiger partial charge in [0, 0.05) is 10.4 Å². The SMILES string of the molecule is CCOc1ccc(C(=O)Nc2sc(-c3ccccc3)cc2C(N)=O)cc1OCC. The molecule has 0 bridgehead atoms. The molecule has 29 heavy (non-hydrogen) atoms. The third-order valence-electron chi connectivity index (χ3n) is 4.09. The van der Waals surface area contributed by atoms with E-state index in [2.05, 4.69) is 5.32 Å². The molecule has 0 saturated heterocycles. The molecule has 0 radical (unpaired) electrons. The van der Waals surface area contributed by atoms with E-state index in [-0.39, 0.29) is 11.5 Å². The summed E-state index contributed by atoms with van der Waals surface area (Å²) in [5.41, 5.74) is 7.13. The van der Waals surface area contributed by atoms with E-state index in [1.807, 2.05) is 44.2 Å². The van der Waals surface area contributed by atoms with Crippen LogP contribution in [0.3, 0.4) is 0 Å². The average Bonchev–Trinajstić information content (AvgIpc) is 3.14. The first-order valence-corrected chi connectivity index (χ1v) is 10.0. The van der Waals surface area contributed by atoms with E-state index >= 15 is 0 Å². The van der Waals surface area contributed by atoms with Crippen LogP contribution in [0.2, 0.25) is 0 Å². The van der Waals surface area contributed by atoms with Crippen LogP contribution in [-0.2, 0) is 0 Å². The second-order valence-electron chi connectivity index (χ2n) is 6.07. The Labute approximate surface area is 173 Å². The van der Waals surface area contributed by atoms with Crippen molar-refractivity contribution in [3.8, 4) is 21.9 Å². The molecule has 3 aromatic rings. The number of benzene rings is 2. The normalized spacial score (nSPS) is 10.4. The molecule has 2 aromatic carbocycles. The lowest BCUT2D eigenvalue weighted by atomic mass is 10.1. The van der Waals surface area contributed by atoms with Crippen LogP contribution in [0.15, 0.2) is 54.6 Å². The van der Waals surface area contributed by atoms with Crippen LogP contribution in [0.1, 0.15) is 34.6 Å². The number of rotatable bonds is 8. The van der Waals surface area contributed by atoms with Gasteiger partial charge in [-0.1, -0.05) is 30.3 Å². The topological polar surface area (TPSA) is 90.6 Å². The van der Waals surface area contributed by atoms with Crippen molar-refractivity contribution in [1.82, 2.24) is 0 Å². The van der Waals surface area contributed by atoms with E-state index in [0.29, 0.717) is 35.3 Å². The Balaban J connectivity index is 1.89. The number of primary amides is 1. The van der Waals surface area contributed by atoms with Gasteiger partial charge in [-0.2, -0.15) is 0 Å². The summed E-state index contributed by atoms with van der Waals surface area (Å²) in [6, 6.07) is 16.3. The van der Waals surface area contributed by atoms with Gasteiger partial charge in [0.2, 0.25) is 0 Å². The number of amides is 2. The molecule has 0 unspecified atom stereocenters. The molecule has 3 N–H and O–H groups in total. The second kappa shape index (κ2) is 9.25. The van der Waals surface area contributed by atoms with Gasteiger partial charge >= 0.3 is 0 Å². The third kappa shape index (κ3) is 4.75. The minimum atomic E-state index is -0.597. The Morgan fingerprint density at radius 3 is 2.31 bits per heavy atom. The Bertz CT molecular complexity index is 1010. The van der Waals surface area contributed by atoms with Crippen molar-refractivity contribution in [2.75, 3.05) is 18.5 Å². The molecular formula is C22H22N2O4S. The van der Waals surface area contributed by atoms with Crippen LogP contribution < -0.4 is 20.5 Å². The van der Waals surface area contributed by atoms with Crippen LogP contribution >= 0.6 is 11.3 Å². The van der Waals surface area contributed by atoms with E-state index in [1.165, 1.54) is 11.3 Å². The molecule has 7 heteroatoms. The molecule has 0 spiro atoms. The highest BCUT2D eigenvalue weighted by Gasteiger charge is 2.18. The van der Waals surface area contributed by atoms with Gasteiger partial charge in [0.25, 0.3) is 11.8 Å². The second-order valence-corrected chi connectivity index (χ2v) is 7.12. The van der Waals surface area contributed by atoms with Crippen molar-refractivity contribution in [1.29, 1.82) is 0 Å². The zero-order valence-corrected chi connectivity index (χ0v) is 17.0. The molecular weight excluding hydrogens is 388 g/mol. The number of carbonyl (C=O) groups excluding carboxylic acids is 2. The average molecular weight is 410 g/mol. The number of anilines is 1. The van der Waals surface area contributed by atoms with Crippen molar-refractivity contribution in [2.45, 2.75) is 13.8 Å². The number of carbonyl (C=O) groups is 2. The largest absolute Gasteiger partial charge is 0.490 e. The zero-order valence-electron chi connectivity index (χ0n) is 16.2. The molecule has 0 saturated carbocycles. The fraction of sp³-hybridized carbons (Fsp3) is 0.182. The summed E-state index contributed by atoms with van der Waals surface area (Å²) in [6.45, 7) is 4.68. The van der Waals surface area contributed by atoms with E-state index < -0.39 is 5.91 Å². The lowest BCUT2D eigenvalue weighted by Gasteiger charge is -2.12. The molecule has 3 rings (SSSR count). The van der Waals surface area contributed by atoms with Crippen LogP contribution in [0, 0.1) is 0 Å². The summed E-state index contributed by atoms with van der Waals surface area (Å²) in [5.74, 6) is 0.109. The van der Waals surface area contributed by atoms with E-state index in [1.54, 1.807) is 24.3 Å². The quantitative estimate of drug-likeness (QED) is 0.569. The van der Waals surface area contributed by atoms with Gasteiger partial charge in [-0.15, -0.1) is 11.3 Å². The standard InChI is InChI=1S/C22H22N2O4S/c1-3-27-17-11-10-15(12-18(17)28-4-2)21(26)24-22-16(20(23)25)13-19(29-22)14-8-6-5-7-9-14/h5-13H,3-4H2,1-2H3,(H2,23,25)(H,24,26). The molecule has 2 amide bonds. The fourth-order valence-electron chi connectivity index (χ4n) is 2.78. The highest BCUT2D eigenvalue weighted by Crippen LogP contribution is 2.36. The molecule has 0 aliphatic heterocycles. The maximum atomic E-state index is 12.8. The van der Waals surface area contributed by atoms with E-state index in [0.717, 1.165) is 10.4 Å². The lowest BCUT2D eigenvalue weighted by molar-refractivity contribution is 0.100. The van der Waals surface area contributed by atoms with E-state index in [9.17, 15) is 9.59 Å². The van der Waals surface area contributed by atoms with Gasteiger partial charge in [-0.05, 0) is 43.7 Å². The lowest BCUT2D eigenvalue weighted by Crippen LogP contribution is -2.16. The summed E-state index contributed by atoms with van der Waals surface area (Å²) in [4.78, 5) is 25.5. The van der Waals surface area contributed by atoms with Crippen LogP contribution in [0.25, 0.3) is 10.4 Å². The number of ether oxygens (including phenoxy) is 2. The van der Waals surface area contributed by atoms with E-state index in [4.69, 9.17) is 15.2 Å². The summed E-state index contributed by atoms with van der Waals surface area (Å²) in [6.07, 6.45) is 0. The Kier molecular flexibility index (Phi) is 6.51. The van der Waals surface area contributed by atoms with Gasteiger partial charge in [-0.3, -0.25) is 9.59 Å². The number of nitrogens with one attached hydrogen (secondary N) is 1. The van der Waals surface area contributed by atoms with Crippen LogP contribution in [0.4, 0.5) is 5.00 Å². The first-order valence-electron chi connectivity index (χ1n) is 9.23. The fourth-order valence-corrected chi connectivity index (χ4v) is 3.84. The van der Waals surface area contributed by atoms with Crippen molar-refractivity contribution in [2.24, 2.45) is 5.73 Å². The molecule has 1 aromatic heterocycles. The molecule has 0 aliphatic carbocycles. The molecule has 150 valence electrons. The van der Waals surface area contributed by atoms with Gasteiger partial charge < -0.3 is 20.5 Å². The third-order valence-corrected chi connectivity index (χ3v) is 5.19. The van der Waals surface area contributed by atoms with Crippen molar-refractivity contribution >= 4 is 28.2 Å². The minimum Gasteiger partial charge on any atom is -0.490 e. The van der Waals surface area contributed by atoms with Gasteiger partial charge in [0.15, 0.2) is 11.5 Å². The van der Waals surface area contributed by atoms with Crippen molar-refractivity contribution in [3.05, 3.63) is 65.7 Å². The van der Waals surface area contributed by atoms with Gasteiger partial charge in [0.05, 0.1) is 18.8 Å². The Hall–Kier alpha value is -3.32. The molecule has 0 aliphatic rings. The highest BCUT2D eigenvalue weighted by molar-refractivity contribution is 7.20. The monoisotopic (exact) mass is 410 g/mol. The molecule has 0 atom stereocenters. The maximum Gasteiger partial charge on any atom is 0.256 e. The number of thiophene rings is 1. The molecule has 1 heterocycles. The first-order chi connectivity index (χ1) is 14.0. The predicted molar refractivity (Wildman–Crippen MR) is 115 cm³/mol. The minimum absolute atomic E-state index is 0.276. The highest BCUT2D eigenvalue weighted by atomic mass is 32.1. The van der Waals surface area contributed by atoms with Gasteiger partial charge in [-0.25, -0.2) is 0 Å². The number of nitrogens with two attached hydrogens (primary N) is 1. The maximum absolute atomic E-state index is 12.8. The van der Waals surface area contributed by atoms with Crippen LogP contribution in [0.5, 0.6) is 11.5 Å². The molecule has 6 nitrogen and oxygen atoms in total. The summed E-state index contributed by atoms with van der Waals surface area (Å²) >= 11 is 1.30.